The molecule has 2 rings (SSSR count). The first-order chi connectivity index (χ1) is 9.99. The lowest BCUT2D eigenvalue weighted by atomic mass is 9.96. The van der Waals surface area contributed by atoms with Crippen molar-refractivity contribution >= 4 is 12.0 Å². The van der Waals surface area contributed by atoms with Crippen LogP contribution in [0, 0.1) is 11.8 Å². The summed E-state index contributed by atoms with van der Waals surface area (Å²) in [4.78, 5) is 27.4. The molecule has 1 aliphatic heterocycles. The minimum absolute atomic E-state index is 0.0439. The van der Waals surface area contributed by atoms with E-state index in [0.29, 0.717) is 12.6 Å². The summed E-state index contributed by atoms with van der Waals surface area (Å²) in [6, 6.07) is 0.375. The van der Waals surface area contributed by atoms with Crippen LogP contribution < -0.4 is 5.32 Å². The van der Waals surface area contributed by atoms with Crippen molar-refractivity contribution in [1.82, 2.24) is 15.1 Å². The minimum Gasteiger partial charge on any atom is -0.481 e. The van der Waals surface area contributed by atoms with Crippen molar-refractivity contribution in [2.45, 2.75) is 38.1 Å². The molecule has 0 bridgehead atoms. The summed E-state index contributed by atoms with van der Waals surface area (Å²) in [5, 5.41) is 12.1. The van der Waals surface area contributed by atoms with Gasteiger partial charge >= 0.3 is 12.0 Å². The van der Waals surface area contributed by atoms with Gasteiger partial charge in [-0.2, -0.15) is 0 Å². The van der Waals surface area contributed by atoms with Gasteiger partial charge in [-0.25, -0.2) is 4.79 Å². The van der Waals surface area contributed by atoms with E-state index in [9.17, 15) is 9.59 Å². The number of urea groups is 1. The van der Waals surface area contributed by atoms with Crippen molar-refractivity contribution in [3.05, 3.63) is 0 Å². The monoisotopic (exact) mass is 297 g/mol. The molecule has 3 atom stereocenters. The molecule has 1 saturated carbocycles. The third kappa shape index (κ3) is 4.09. The maximum absolute atomic E-state index is 12.2. The number of likely N-dealkylation sites (N-methyl/N-ethyl adjacent to an activating group) is 1. The summed E-state index contributed by atoms with van der Waals surface area (Å²) in [6.07, 6.45) is 4.74. The zero-order valence-electron chi connectivity index (χ0n) is 13.0. The molecule has 0 aromatic rings. The molecule has 2 amide bonds. The highest BCUT2D eigenvalue weighted by atomic mass is 16.4. The van der Waals surface area contributed by atoms with Crippen molar-refractivity contribution in [3.8, 4) is 0 Å². The number of piperidine rings is 1. The topological polar surface area (TPSA) is 72.9 Å². The van der Waals surface area contributed by atoms with Gasteiger partial charge in [0.25, 0.3) is 0 Å². The molecule has 1 saturated heterocycles. The van der Waals surface area contributed by atoms with E-state index >= 15 is 0 Å². The van der Waals surface area contributed by atoms with Crippen LogP contribution in [-0.2, 0) is 4.79 Å². The number of aliphatic carboxylic acids is 1. The van der Waals surface area contributed by atoms with E-state index in [4.69, 9.17) is 5.11 Å². The Morgan fingerprint density at radius 1 is 1.24 bits per heavy atom. The highest BCUT2D eigenvalue weighted by Crippen LogP contribution is 2.31. The molecular weight excluding hydrogens is 270 g/mol. The number of hydrogen-bond donors (Lipinski definition) is 2. The van der Waals surface area contributed by atoms with Gasteiger partial charge in [0.1, 0.15) is 0 Å². The first-order valence-electron chi connectivity index (χ1n) is 7.91. The van der Waals surface area contributed by atoms with Gasteiger partial charge in [-0.05, 0) is 45.7 Å². The van der Waals surface area contributed by atoms with Gasteiger partial charge in [-0.3, -0.25) is 4.79 Å². The fourth-order valence-corrected chi connectivity index (χ4v) is 3.50. The van der Waals surface area contributed by atoms with Crippen molar-refractivity contribution in [2.75, 3.05) is 33.7 Å². The lowest BCUT2D eigenvalue weighted by Crippen LogP contribution is -2.51. The number of carbonyl (C=O) groups is 2. The molecule has 120 valence electrons. The SMILES string of the molecule is CN(C)C1CCCN(C(=O)NCC2CCCC2C(=O)O)C1. The molecule has 2 aliphatic rings. The maximum Gasteiger partial charge on any atom is 0.317 e. The van der Waals surface area contributed by atoms with Gasteiger partial charge in [-0.1, -0.05) is 6.42 Å². The average molecular weight is 297 g/mol. The van der Waals surface area contributed by atoms with E-state index < -0.39 is 5.97 Å². The number of likely N-dealkylation sites (tertiary alicyclic amines) is 1. The van der Waals surface area contributed by atoms with E-state index in [1.54, 1.807) is 0 Å². The molecule has 2 N–H and O–H groups in total. The van der Waals surface area contributed by atoms with Crippen LogP contribution in [0.4, 0.5) is 4.79 Å². The fraction of sp³-hybridized carbons (Fsp3) is 0.867. The number of carboxylic acids is 1. The number of carbonyl (C=O) groups excluding carboxylic acids is 1. The third-order valence-electron chi connectivity index (χ3n) is 4.91. The van der Waals surface area contributed by atoms with Crippen LogP contribution in [-0.4, -0.2) is 66.7 Å². The van der Waals surface area contributed by atoms with Crippen LogP contribution in [0.5, 0.6) is 0 Å². The Kier molecular flexibility index (Phi) is 5.45. The minimum atomic E-state index is -0.725. The quantitative estimate of drug-likeness (QED) is 0.818. The Morgan fingerprint density at radius 2 is 2.00 bits per heavy atom. The van der Waals surface area contributed by atoms with E-state index in [-0.39, 0.29) is 17.9 Å². The molecule has 0 spiro atoms. The van der Waals surface area contributed by atoms with E-state index in [0.717, 1.165) is 45.2 Å². The van der Waals surface area contributed by atoms with E-state index in [2.05, 4.69) is 10.2 Å². The molecule has 6 nitrogen and oxygen atoms in total. The predicted molar refractivity (Wildman–Crippen MR) is 80.1 cm³/mol. The highest BCUT2D eigenvalue weighted by Gasteiger charge is 2.33. The highest BCUT2D eigenvalue weighted by molar-refractivity contribution is 5.75. The summed E-state index contributed by atoms with van der Waals surface area (Å²) in [7, 11) is 4.09. The second kappa shape index (κ2) is 7.11. The molecular formula is C15H27N3O3. The summed E-state index contributed by atoms with van der Waals surface area (Å²) < 4.78 is 0. The summed E-state index contributed by atoms with van der Waals surface area (Å²) in [6.45, 7) is 2.04. The first kappa shape index (κ1) is 16.1. The zero-order valence-corrected chi connectivity index (χ0v) is 13.0. The molecule has 3 unspecified atom stereocenters. The van der Waals surface area contributed by atoms with Crippen molar-refractivity contribution < 1.29 is 14.7 Å². The van der Waals surface area contributed by atoms with Crippen molar-refractivity contribution in [3.63, 3.8) is 0 Å². The Bertz CT molecular complexity index is 386. The van der Waals surface area contributed by atoms with Crippen LogP contribution in [0.15, 0.2) is 0 Å². The predicted octanol–water partition coefficient (Wildman–Crippen LogP) is 1.22. The molecule has 1 heterocycles. The van der Waals surface area contributed by atoms with Crippen LogP contribution in [0.1, 0.15) is 32.1 Å². The largest absolute Gasteiger partial charge is 0.481 e. The van der Waals surface area contributed by atoms with E-state index in [1.165, 1.54) is 0 Å². The molecule has 21 heavy (non-hydrogen) atoms. The number of nitrogens with zero attached hydrogens (tertiary/aromatic N) is 2. The number of amides is 2. The average Bonchev–Trinajstić information content (AvgIpc) is 2.93. The lowest BCUT2D eigenvalue weighted by Gasteiger charge is -2.36. The number of carboxylic acid groups (broad SMARTS) is 1. The Morgan fingerprint density at radius 3 is 2.67 bits per heavy atom. The van der Waals surface area contributed by atoms with Gasteiger partial charge in [0, 0.05) is 25.7 Å². The van der Waals surface area contributed by atoms with Gasteiger partial charge in [-0.15, -0.1) is 0 Å². The van der Waals surface area contributed by atoms with Crippen molar-refractivity contribution in [2.24, 2.45) is 11.8 Å². The standard InChI is InChI=1S/C15H27N3O3/c1-17(2)12-6-4-8-18(10-12)15(21)16-9-11-5-3-7-13(11)14(19)20/h11-13H,3-10H2,1-2H3,(H,16,21)(H,19,20). The van der Waals surface area contributed by atoms with Gasteiger partial charge in [0.05, 0.1) is 5.92 Å². The second-order valence-corrected chi connectivity index (χ2v) is 6.53. The van der Waals surface area contributed by atoms with Crippen LogP contribution in [0.3, 0.4) is 0 Å². The summed E-state index contributed by atoms with van der Waals surface area (Å²) >= 11 is 0. The zero-order chi connectivity index (χ0) is 15.4. The van der Waals surface area contributed by atoms with Crippen LogP contribution >= 0.6 is 0 Å². The molecule has 1 aliphatic carbocycles. The Hall–Kier alpha value is -1.30. The lowest BCUT2D eigenvalue weighted by molar-refractivity contribution is -0.142. The molecule has 0 aromatic heterocycles. The maximum atomic E-state index is 12.2. The van der Waals surface area contributed by atoms with Gasteiger partial charge < -0.3 is 20.2 Å². The van der Waals surface area contributed by atoms with Crippen LogP contribution in [0.2, 0.25) is 0 Å². The third-order valence-corrected chi connectivity index (χ3v) is 4.91. The van der Waals surface area contributed by atoms with Gasteiger partial charge in [0.2, 0.25) is 0 Å². The smallest absolute Gasteiger partial charge is 0.317 e. The normalized spacial score (nSPS) is 29.7. The number of nitrogens with one attached hydrogen (secondary N) is 1. The molecule has 6 heteroatoms. The summed E-state index contributed by atoms with van der Waals surface area (Å²) in [5.74, 6) is -0.931. The fourth-order valence-electron chi connectivity index (χ4n) is 3.50. The van der Waals surface area contributed by atoms with Gasteiger partial charge in [0.15, 0.2) is 0 Å². The Labute approximate surface area is 126 Å². The second-order valence-electron chi connectivity index (χ2n) is 6.53. The summed E-state index contributed by atoms with van der Waals surface area (Å²) in [5.41, 5.74) is 0. The molecule has 0 aromatic carbocycles. The molecule has 2 fully saturated rings. The van der Waals surface area contributed by atoms with E-state index in [1.807, 2.05) is 19.0 Å². The number of hydrogen-bond acceptors (Lipinski definition) is 3. The van der Waals surface area contributed by atoms with Crippen molar-refractivity contribution in [1.29, 1.82) is 0 Å². The Balaban J connectivity index is 1.80. The first-order valence-corrected chi connectivity index (χ1v) is 7.91. The molecule has 0 radical (unpaired) electrons. The number of rotatable bonds is 4. The van der Waals surface area contributed by atoms with Crippen LogP contribution in [0.25, 0.3) is 0 Å².